The molecule has 21 heavy (non-hydrogen) atoms. The van der Waals surface area contributed by atoms with Crippen LogP contribution in [0.15, 0.2) is 41.8 Å². The SMILES string of the molecule is C=CCN(CCO)S(=O)(=O)c1ccc(CC(=O)OC)cc1. The molecule has 7 heteroatoms. The smallest absolute Gasteiger partial charge is 0.309 e. The highest BCUT2D eigenvalue weighted by molar-refractivity contribution is 7.89. The highest BCUT2D eigenvalue weighted by Crippen LogP contribution is 2.16. The Bertz CT molecular complexity index is 580. The van der Waals surface area contributed by atoms with Crippen LogP contribution in [0.3, 0.4) is 0 Å². The van der Waals surface area contributed by atoms with E-state index >= 15 is 0 Å². The molecule has 1 N–H and O–H groups in total. The van der Waals surface area contributed by atoms with E-state index in [-0.39, 0.29) is 37.0 Å². The third-order valence-corrected chi connectivity index (χ3v) is 4.70. The molecule has 116 valence electrons. The van der Waals surface area contributed by atoms with Crippen LogP contribution in [0, 0.1) is 0 Å². The van der Waals surface area contributed by atoms with Crippen LogP contribution >= 0.6 is 0 Å². The maximum atomic E-state index is 12.4. The first kappa shape index (κ1) is 17.4. The standard InChI is InChI=1S/C14H19NO5S/c1-3-8-15(9-10-16)21(18,19)13-6-4-12(5-7-13)11-14(17)20-2/h3-7,16H,1,8-11H2,2H3. The van der Waals surface area contributed by atoms with Gasteiger partial charge in [-0.05, 0) is 17.7 Å². The van der Waals surface area contributed by atoms with Gasteiger partial charge in [0.25, 0.3) is 0 Å². The van der Waals surface area contributed by atoms with Gasteiger partial charge in [0, 0.05) is 13.1 Å². The zero-order valence-corrected chi connectivity index (χ0v) is 12.7. The Morgan fingerprint density at radius 1 is 1.38 bits per heavy atom. The number of carbonyl (C=O) groups excluding carboxylic acids is 1. The van der Waals surface area contributed by atoms with Gasteiger partial charge in [0.05, 0.1) is 25.0 Å². The number of aliphatic hydroxyl groups excluding tert-OH is 1. The van der Waals surface area contributed by atoms with Crippen LogP contribution in [0.25, 0.3) is 0 Å². The highest BCUT2D eigenvalue weighted by atomic mass is 32.2. The third kappa shape index (κ3) is 4.66. The van der Waals surface area contributed by atoms with Gasteiger partial charge in [-0.2, -0.15) is 4.31 Å². The molecule has 6 nitrogen and oxygen atoms in total. The molecular formula is C14H19NO5S. The molecule has 1 aromatic rings. The molecule has 1 rings (SSSR count). The van der Waals surface area contributed by atoms with E-state index in [1.54, 1.807) is 12.1 Å². The molecule has 0 fully saturated rings. The molecule has 0 saturated heterocycles. The van der Waals surface area contributed by atoms with E-state index in [9.17, 15) is 13.2 Å². The van der Waals surface area contributed by atoms with Gasteiger partial charge in [0.1, 0.15) is 0 Å². The number of hydrogen-bond donors (Lipinski definition) is 1. The summed E-state index contributed by atoms with van der Waals surface area (Å²) in [7, 11) is -2.40. The van der Waals surface area contributed by atoms with Crippen molar-refractivity contribution in [3.05, 3.63) is 42.5 Å². The van der Waals surface area contributed by atoms with E-state index in [2.05, 4.69) is 11.3 Å². The molecule has 0 aliphatic heterocycles. The lowest BCUT2D eigenvalue weighted by Crippen LogP contribution is -2.33. The monoisotopic (exact) mass is 313 g/mol. The number of rotatable bonds is 8. The lowest BCUT2D eigenvalue weighted by Gasteiger charge is -2.19. The number of hydrogen-bond acceptors (Lipinski definition) is 5. The minimum atomic E-state index is -3.69. The molecule has 0 amide bonds. The molecule has 0 aromatic heterocycles. The van der Waals surface area contributed by atoms with Crippen LogP contribution in [0.4, 0.5) is 0 Å². The quantitative estimate of drug-likeness (QED) is 0.560. The fourth-order valence-corrected chi connectivity index (χ4v) is 3.13. The van der Waals surface area contributed by atoms with Gasteiger partial charge in [-0.15, -0.1) is 6.58 Å². The minimum Gasteiger partial charge on any atom is -0.469 e. The molecule has 0 bridgehead atoms. The number of aliphatic hydroxyl groups is 1. The molecule has 0 heterocycles. The predicted octanol–water partition coefficient (Wildman–Crippen LogP) is 0.571. The first-order valence-corrected chi connectivity index (χ1v) is 7.77. The summed E-state index contributed by atoms with van der Waals surface area (Å²) in [5, 5.41) is 8.95. The van der Waals surface area contributed by atoms with Crippen molar-refractivity contribution in [3.8, 4) is 0 Å². The number of benzene rings is 1. The zero-order valence-electron chi connectivity index (χ0n) is 11.9. The Morgan fingerprint density at radius 3 is 2.48 bits per heavy atom. The van der Waals surface area contributed by atoms with E-state index in [1.165, 1.54) is 25.3 Å². The lowest BCUT2D eigenvalue weighted by molar-refractivity contribution is -0.139. The second-order valence-corrected chi connectivity index (χ2v) is 6.21. The van der Waals surface area contributed by atoms with Crippen molar-refractivity contribution < 1.29 is 23.1 Å². The van der Waals surface area contributed by atoms with E-state index in [4.69, 9.17) is 5.11 Å². The molecule has 0 aliphatic rings. The molecule has 0 unspecified atom stereocenters. The third-order valence-electron chi connectivity index (χ3n) is 2.82. The first-order chi connectivity index (χ1) is 9.95. The van der Waals surface area contributed by atoms with Crippen molar-refractivity contribution in [2.45, 2.75) is 11.3 Å². The van der Waals surface area contributed by atoms with Crippen LogP contribution in [0.2, 0.25) is 0 Å². The van der Waals surface area contributed by atoms with Crippen molar-refractivity contribution in [2.24, 2.45) is 0 Å². The normalized spacial score (nSPS) is 11.4. The lowest BCUT2D eigenvalue weighted by atomic mass is 10.2. The van der Waals surface area contributed by atoms with Crippen molar-refractivity contribution in [1.29, 1.82) is 0 Å². The molecule has 0 aliphatic carbocycles. The topological polar surface area (TPSA) is 83.9 Å². The van der Waals surface area contributed by atoms with Crippen molar-refractivity contribution in [3.63, 3.8) is 0 Å². The van der Waals surface area contributed by atoms with Crippen molar-refractivity contribution >= 4 is 16.0 Å². The van der Waals surface area contributed by atoms with Crippen LogP contribution in [0.5, 0.6) is 0 Å². The summed E-state index contributed by atoms with van der Waals surface area (Å²) >= 11 is 0. The fourth-order valence-electron chi connectivity index (χ4n) is 1.73. The van der Waals surface area contributed by atoms with Gasteiger partial charge in [0.2, 0.25) is 10.0 Å². The van der Waals surface area contributed by atoms with Crippen molar-refractivity contribution in [1.82, 2.24) is 4.31 Å². The summed E-state index contributed by atoms with van der Waals surface area (Å²) in [5.74, 6) is -0.390. The summed E-state index contributed by atoms with van der Waals surface area (Å²) in [5.41, 5.74) is 0.665. The molecular weight excluding hydrogens is 294 g/mol. The van der Waals surface area contributed by atoms with Gasteiger partial charge < -0.3 is 9.84 Å². The number of carbonyl (C=O) groups is 1. The summed E-state index contributed by atoms with van der Waals surface area (Å²) in [6, 6.07) is 5.99. The van der Waals surface area contributed by atoms with Crippen LogP contribution in [0.1, 0.15) is 5.56 Å². The van der Waals surface area contributed by atoms with E-state index in [0.29, 0.717) is 5.56 Å². The predicted molar refractivity (Wildman–Crippen MR) is 78.2 cm³/mol. The maximum Gasteiger partial charge on any atom is 0.309 e. The van der Waals surface area contributed by atoms with Crippen LogP contribution in [-0.2, 0) is 26.0 Å². The number of methoxy groups -OCH3 is 1. The molecule has 0 atom stereocenters. The van der Waals surface area contributed by atoms with Gasteiger partial charge in [-0.25, -0.2) is 8.42 Å². The van der Waals surface area contributed by atoms with Gasteiger partial charge in [-0.1, -0.05) is 18.2 Å². The number of esters is 1. The van der Waals surface area contributed by atoms with Gasteiger partial charge in [-0.3, -0.25) is 4.79 Å². The molecule has 1 aromatic carbocycles. The Morgan fingerprint density at radius 2 is 2.00 bits per heavy atom. The summed E-state index contributed by atoms with van der Waals surface area (Å²) in [6.45, 7) is 3.35. The zero-order chi connectivity index (χ0) is 15.9. The second-order valence-electron chi connectivity index (χ2n) is 4.27. The van der Waals surface area contributed by atoms with Gasteiger partial charge in [0.15, 0.2) is 0 Å². The number of ether oxygens (including phenoxy) is 1. The summed E-state index contributed by atoms with van der Waals surface area (Å²) in [4.78, 5) is 11.3. The highest BCUT2D eigenvalue weighted by Gasteiger charge is 2.22. The Labute approximate surface area is 124 Å². The fraction of sp³-hybridized carbons (Fsp3) is 0.357. The van der Waals surface area contributed by atoms with E-state index in [1.807, 2.05) is 0 Å². The maximum absolute atomic E-state index is 12.4. The van der Waals surface area contributed by atoms with Crippen molar-refractivity contribution in [2.75, 3.05) is 26.8 Å². The first-order valence-electron chi connectivity index (χ1n) is 6.33. The van der Waals surface area contributed by atoms with Crippen LogP contribution < -0.4 is 0 Å². The van der Waals surface area contributed by atoms with Gasteiger partial charge >= 0.3 is 5.97 Å². The Kier molecular flexibility index (Phi) is 6.54. The van der Waals surface area contributed by atoms with E-state index in [0.717, 1.165) is 4.31 Å². The summed E-state index contributed by atoms with van der Waals surface area (Å²) < 4.78 is 30.4. The summed E-state index contributed by atoms with van der Waals surface area (Å²) in [6.07, 6.45) is 1.54. The number of sulfonamides is 1. The Balaban J connectivity index is 2.97. The average molecular weight is 313 g/mol. The molecule has 0 saturated carbocycles. The largest absolute Gasteiger partial charge is 0.469 e. The average Bonchev–Trinajstić information content (AvgIpc) is 2.47. The van der Waals surface area contributed by atoms with E-state index < -0.39 is 10.0 Å². The number of nitrogens with zero attached hydrogens (tertiary/aromatic N) is 1. The second kappa shape index (κ2) is 7.92. The molecule has 0 spiro atoms. The molecule has 0 radical (unpaired) electrons. The minimum absolute atomic E-state index is 0.00172. The Hall–Kier alpha value is -1.70. The van der Waals surface area contributed by atoms with Crippen LogP contribution in [-0.4, -0.2) is 50.6 Å².